The molecule has 7 heteroatoms. The number of halogens is 1. The van der Waals surface area contributed by atoms with Gasteiger partial charge in [0.25, 0.3) is 0 Å². The second-order valence-electron chi connectivity index (χ2n) is 5.07. The number of amides is 1. The Morgan fingerprint density at radius 3 is 2.83 bits per heavy atom. The molecule has 0 fully saturated rings. The minimum Gasteiger partial charge on any atom is -0.497 e. The molecule has 1 N–H and O–H groups in total. The summed E-state index contributed by atoms with van der Waals surface area (Å²) in [6, 6.07) is 7.30. The van der Waals surface area contributed by atoms with Crippen molar-refractivity contribution in [1.82, 2.24) is 15.1 Å². The SMILES string of the molecule is COc1cccc(OCCNC(=O)/C=C/c2c(C)nn(C)c2Cl)c1. The number of carbonyl (C=O) groups is 1. The molecule has 0 saturated carbocycles. The van der Waals surface area contributed by atoms with Gasteiger partial charge in [0.2, 0.25) is 5.91 Å². The van der Waals surface area contributed by atoms with Crippen LogP contribution in [0.5, 0.6) is 11.5 Å². The molecular weight excluding hydrogens is 330 g/mol. The summed E-state index contributed by atoms with van der Waals surface area (Å²) in [5.41, 5.74) is 1.51. The van der Waals surface area contributed by atoms with Crippen molar-refractivity contribution in [2.24, 2.45) is 7.05 Å². The number of ether oxygens (including phenoxy) is 2. The standard InChI is InChI=1S/C17H20ClN3O3/c1-12-15(17(18)21(2)20-12)7-8-16(22)19-9-10-24-14-6-4-5-13(11-14)23-3/h4-8,11H,9-10H2,1-3H3,(H,19,22)/b8-7+. The first-order chi connectivity index (χ1) is 11.5. The van der Waals surface area contributed by atoms with Gasteiger partial charge in [0, 0.05) is 24.8 Å². The Morgan fingerprint density at radius 1 is 1.42 bits per heavy atom. The molecule has 24 heavy (non-hydrogen) atoms. The van der Waals surface area contributed by atoms with Crippen LogP contribution in [-0.2, 0) is 11.8 Å². The predicted octanol–water partition coefficient (Wildman–Crippen LogP) is 2.60. The molecular formula is C17H20ClN3O3. The van der Waals surface area contributed by atoms with Crippen LogP contribution in [-0.4, -0.2) is 35.9 Å². The number of nitrogens with zero attached hydrogens (tertiary/aromatic N) is 2. The Labute approximate surface area is 146 Å². The maximum absolute atomic E-state index is 11.8. The topological polar surface area (TPSA) is 65.4 Å². The van der Waals surface area contributed by atoms with Crippen LogP contribution in [0.3, 0.4) is 0 Å². The van der Waals surface area contributed by atoms with Crippen molar-refractivity contribution in [2.75, 3.05) is 20.3 Å². The lowest BCUT2D eigenvalue weighted by Gasteiger charge is -2.07. The zero-order valence-electron chi connectivity index (χ0n) is 13.9. The number of benzene rings is 1. The molecule has 1 aromatic carbocycles. The number of aromatic nitrogens is 2. The molecule has 0 atom stereocenters. The van der Waals surface area contributed by atoms with Gasteiger partial charge in [-0.25, -0.2) is 0 Å². The fourth-order valence-corrected chi connectivity index (χ4v) is 2.33. The fourth-order valence-electron chi connectivity index (χ4n) is 2.09. The molecule has 1 aromatic heterocycles. The highest BCUT2D eigenvalue weighted by molar-refractivity contribution is 6.31. The summed E-state index contributed by atoms with van der Waals surface area (Å²) in [6.07, 6.45) is 3.09. The van der Waals surface area contributed by atoms with Crippen molar-refractivity contribution >= 4 is 23.6 Å². The number of aryl methyl sites for hydroxylation is 2. The summed E-state index contributed by atoms with van der Waals surface area (Å²) in [6.45, 7) is 2.59. The summed E-state index contributed by atoms with van der Waals surface area (Å²) < 4.78 is 12.2. The van der Waals surface area contributed by atoms with Gasteiger partial charge in [0.05, 0.1) is 19.3 Å². The fraction of sp³-hybridized carbons (Fsp3) is 0.294. The third kappa shape index (κ3) is 4.76. The molecule has 0 saturated heterocycles. The van der Waals surface area contributed by atoms with Gasteiger partial charge < -0.3 is 14.8 Å². The first-order valence-corrected chi connectivity index (χ1v) is 7.81. The Morgan fingerprint density at radius 2 is 2.17 bits per heavy atom. The Hall–Kier alpha value is -2.47. The van der Waals surface area contributed by atoms with Crippen molar-refractivity contribution < 1.29 is 14.3 Å². The third-order valence-corrected chi connectivity index (χ3v) is 3.76. The highest BCUT2D eigenvalue weighted by Crippen LogP contribution is 2.20. The highest BCUT2D eigenvalue weighted by atomic mass is 35.5. The van der Waals surface area contributed by atoms with Gasteiger partial charge in [-0.05, 0) is 25.1 Å². The second kappa shape index (κ2) is 8.40. The lowest BCUT2D eigenvalue weighted by molar-refractivity contribution is -0.116. The van der Waals surface area contributed by atoms with E-state index in [1.54, 1.807) is 31.0 Å². The smallest absolute Gasteiger partial charge is 0.244 e. The molecule has 6 nitrogen and oxygen atoms in total. The molecule has 128 valence electrons. The largest absolute Gasteiger partial charge is 0.497 e. The summed E-state index contributed by atoms with van der Waals surface area (Å²) >= 11 is 6.10. The highest BCUT2D eigenvalue weighted by Gasteiger charge is 2.08. The molecule has 2 rings (SSSR count). The lowest BCUT2D eigenvalue weighted by atomic mass is 10.2. The van der Waals surface area contributed by atoms with Crippen LogP contribution < -0.4 is 14.8 Å². The van der Waals surface area contributed by atoms with E-state index in [9.17, 15) is 4.79 Å². The molecule has 1 heterocycles. The van der Waals surface area contributed by atoms with Crippen molar-refractivity contribution in [3.63, 3.8) is 0 Å². The van der Waals surface area contributed by atoms with E-state index in [1.807, 2.05) is 25.1 Å². The van der Waals surface area contributed by atoms with Crippen molar-refractivity contribution in [2.45, 2.75) is 6.92 Å². The normalized spacial score (nSPS) is 10.8. The molecule has 1 amide bonds. The third-order valence-electron chi connectivity index (χ3n) is 3.31. The van der Waals surface area contributed by atoms with E-state index in [-0.39, 0.29) is 5.91 Å². The van der Waals surface area contributed by atoms with Gasteiger partial charge >= 0.3 is 0 Å². The predicted molar refractivity (Wildman–Crippen MR) is 93.5 cm³/mol. The van der Waals surface area contributed by atoms with Crippen LogP contribution in [0.25, 0.3) is 6.08 Å². The van der Waals surface area contributed by atoms with E-state index in [0.717, 1.165) is 17.0 Å². The van der Waals surface area contributed by atoms with E-state index in [1.165, 1.54) is 6.08 Å². The quantitative estimate of drug-likeness (QED) is 0.616. The van der Waals surface area contributed by atoms with Crippen LogP contribution in [0.4, 0.5) is 0 Å². The maximum atomic E-state index is 11.8. The maximum Gasteiger partial charge on any atom is 0.244 e. The molecule has 2 aromatic rings. The number of methoxy groups -OCH3 is 1. The molecule has 0 bridgehead atoms. The van der Waals surface area contributed by atoms with Gasteiger partial charge in [-0.15, -0.1) is 0 Å². The zero-order chi connectivity index (χ0) is 17.5. The average Bonchev–Trinajstić information content (AvgIpc) is 2.82. The summed E-state index contributed by atoms with van der Waals surface area (Å²) in [5.74, 6) is 1.20. The zero-order valence-corrected chi connectivity index (χ0v) is 14.6. The van der Waals surface area contributed by atoms with Crippen LogP contribution in [0.15, 0.2) is 30.3 Å². The minimum atomic E-state index is -0.219. The van der Waals surface area contributed by atoms with E-state index >= 15 is 0 Å². The number of hydrogen-bond donors (Lipinski definition) is 1. The summed E-state index contributed by atoms with van der Waals surface area (Å²) in [5, 5.41) is 7.43. The van der Waals surface area contributed by atoms with Gasteiger partial charge in [0.1, 0.15) is 23.3 Å². The Kier molecular flexibility index (Phi) is 6.26. The number of hydrogen-bond acceptors (Lipinski definition) is 4. The molecule has 0 aliphatic carbocycles. The van der Waals surface area contributed by atoms with Crippen LogP contribution in [0.1, 0.15) is 11.3 Å². The number of carbonyl (C=O) groups excluding carboxylic acids is 1. The molecule has 0 aliphatic rings. The van der Waals surface area contributed by atoms with E-state index in [2.05, 4.69) is 10.4 Å². The lowest BCUT2D eigenvalue weighted by Crippen LogP contribution is -2.26. The van der Waals surface area contributed by atoms with E-state index in [0.29, 0.717) is 24.1 Å². The van der Waals surface area contributed by atoms with Gasteiger partial charge in [0.15, 0.2) is 0 Å². The minimum absolute atomic E-state index is 0.219. The van der Waals surface area contributed by atoms with Crippen molar-refractivity contribution in [1.29, 1.82) is 0 Å². The van der Waals surface area contributed by atoms with Crippen LogP contribution in [0, 0.1) is 6.92 Å². The van der Waals surface area contributed by atoms with Gasteiger partial charge in [-0.1, -0.05) is 17.7 Å². The van der Waals surface area contributed by atoms with Crippen LogP contribution in [0.2, 0.25) is 5.15 Å². The summed E-state index contributed by atoms with van der Waals surface area (Å²) in [7, 11) is 3.35. The number of rotatable bonds is 7. The molecule has 0 unspecified atom stereocenters. The summed E-state index contributed by atoms with van der Waals surface area (Å²) in [4.78, 5) is 11.8. The second-order valence-corrected chi connectivity index (χ2v) is 5.42. The molecule has 0 radical (unpaired) electrons. The molecule has 0 spiro atoms. The van der Waals surface area contributed by atoms with Gasteiger partial charge in [-0.3, -0.25) is 9.48 Å². The van der Waals surface area contributed by atoms with E-state index < -0.39 is 0 Å². The van der Waals surface area contributed by atoms with Crippen molar-refractivity contribution in [3.05, 3.63) is 46.8 Å². The first kappa shape index (κ1) is 17.9. The monoisotopic (exact) mass is 349 g/mol. The molecule has 0 aliphatic heterocycles. The van der Waals surface area contributed by atoms with Gasteiger partial charge in [-0.2, -0.15) is 5.10 Å². The first-order valence-electron chi connectivity index (χ1n) is 7.43. The van der Waals surface area contributed by atoms with E-state index in [4.69, 9.17) is 21.1 Å². The number of nitrogens with one attached hydrogen (secondary N) is 1. The van der Waals surface area contributed by atoms with Crippen LogP contribution >= 0.6 is 11.6 Å². The average molecular weight is 350 g/mol. The van der Waals surface area contributed by atoms with Crippen molar-refractivity contribution in [3.8, 4) is 11.5 Å². The Bertz CT molecular complexity index is 741. The Balaban J connectivity index is 1.78.